The summed E-state index contributed by atoms with van der Waals surface area (Å²) in [5, 5.41) is 13.7. The summed E-state index contributed by atoms with van der Waals surface area (Å²) in [6, 6.07) is 10.6. The van der Waals surface area contributed by atoms with Crippen LogP contribution >= 0.6 is 22.7 Å². The zero-order chi connectivity index (χ0) is 17.8. The van der Waals surface area contributed by atoms with Gasteiger partial charge in [0.2, 0.25) is 5.13 Å². The Bertz CT molecular complexity index is 829. The van der Waals surface area contributed by atoms with E-state index in [2.05, 4.69) is 44.5 Å². The Morgan fingerprint density at radius 2 is 2.04 bits per heavy atom. The summed E-state index contributed by atoms with van der Waals surface area (Å²) in [5.41, 5.74) is 0.858. The van der Waals surface area contributed by atoms with Gasteiger partial charge in [0.1, 0.15) is 5.69 Å². The van der Waals surface area contributed by atoms with E-state index in [0.29, 0.717) is 6.04 Å². The Morgan fingerprint density at radius 1 is 1.15 bits per heavy atom. The van der Waals surface area contributed by atoms with Gasteiger partial charge in [0, 0.05) is 35.6 Å². The normalized spacial score (nSPS) is 16.5. The Labute approximate surface area is 160 Å². The predicted octanol–water partition coefficient (Wildman–Crippen LogP) is 3.46. The molecule has 1 unspecified atom stereocenters. The Balaban J connectivity index is 1.47. The molecule has 8 heteroatoms. The molecule has 26 heavy (non-hydrogen) atoms. The van der Waals surface area contributed by atoms with Crippen molar-refractivity contribution >= 4 is 27.8 Å². The summed E-state index contributed by atoms with van der Waals surface area (Å²) < 4.78 is 5.52. The lowest BCUT2D eigenvalue weighted by atomic mass is 10.2. The molecule has 4 rings (SSSR count). The van der Waals surface area contributed by atoms with Crippen molar-refractivity contribution in [1.29, 1.82) is 0 Å². The largest absolute Gasteiger partial charge is 0.379 e. The van der Waals surface area contributed by atoms with Crippen LogP contribution < -0.4 is 5.32 Å². The van der Waals surface area contributed by atoms with Gasteiger partial charge in [-0.1, -0.05) is 17.4 Å². The van der Waals surface area contributed by atoms with E-state index in [1.165, 1.54) is 21.1 Å². The molecule has 0 bridgehead atoms. The molecule has 0 spiro atoms. The molecule has 1 aliphatic rings. The van der Waals surface area contributed by atoms with Crippen LogP contribution in [0.5, 0.6) is 0 Å². The number of pyridine rings is 1. The molecule has 1 fully saturated rings. The van der Waals surface area contributed by atoms with E-state index in [-0.39, 0.29) is 0 Å². The van der Waals surface area contributed by atoms with E-state index in [4.69, 9.17) is 4.74 Å². The zero-order valence-electron chi connectivity index (χ0n) is 14.6. The van der Waals surface area contributed by atoms with Crippen LogP contribution in [0, 0.1) is 6.92 Å². The molecule has 0 radical (unpaired) electrons. The predicted molar refractivity (Wildman–Crippen MR) is 106 cm³/mol. The molecule has 1 atom stereocenters. The van der Waals surface area contributed by atoms with Crippen LogP contribution in [-0.2, 0) is 4.74 Å². The molecule has 136 valence electrons. The van der Waals surface area contributed by atoms with Gasteiger partial charge in [-0.2, -0.15) is 0 Å². The fraction of sp³-hybridized carbons (Fsp3) is 0.389. The number of hydrogen-bond donors (Lipinski definition) is 1. The van der Waals surface area contributed by atoms with Crippen LogP contribution in [0.25, 0.3) is 10.7 Å². The molecule has 0 amide bonds. The lowest BCUT2D eigenvalue weighted by Crippen LogP contribution is -2.41. The molecule has 4 heterocycles. The number of hydrogen-bond acceptors (Lipinski definition) is 8. The fourth-order valence-electron chi connectivity index (χ4n) is 3.00. The lowest BCUT2D eigenvalue weighted by molar-refractivity contribution is 0.0194. The van der Waals surface area contributed by atoms with E-state index in [0.717, 1.165) is 48.7 Å². The standard InChI is InChI=1S/C18H21N5OS2/c1-13-5-6-16(25-13)15(23-8-10-24-11-9-23)12-20-18-22-21-17(26-18)14-4-2-3-7-19-14/h2-7,15H,8-12H2,1H3,(H,20,22). The summed E-state index contributed by atoms with van der Waals surface area (Å²) in [6.07, 6.45) is 1.78. The topological polar surface area (TPSA) is 63.2 Å². The van der Waals surface area contributed by atoms with Gasteiger partial charge in [0.05, 0.1) is 19.3 Å². The number of anilines is 1. The number of ether oxygens (including phenoxy) is 1. The molecule has 0 aliphatic carbocycles. The van der Waals surface area contributed by atoms with E-state index < -0.39 is 0 Å². The highest BCUT2D eigenvalue weighted by molar-refractivity contribution is 7.18. The maximum atomic E-state index is 5.52. The first-order valence-electron chi connectivity index (χ1n) is 8.66. The van der Waals surface area contributed by atoms with Gasteiger partial charge in [-0.15, -0.1) is 21.5 Å². The van der Waals surface area contributed by atoms with Gasteiger partial charge < -0.3 is 10.1 Å². The summed E-state index contributed by atoms with van der Waals surface area (Å²) in [4.78, 5) is 9.55. The number of thiophene rings is 1. The van der Waals surface area contributed by atoms with Crippen LogP contribution in [0.15, 0.2) is 36.5 Å². The highest BCUT2D eigenvalue weighted by atomic mass is 32.1. The average Bonchev–Trinajstić information content (AvgIpc) is 3.33. The Morgan fingerprint density at radius 3 is 2.77 bits per heavy atom. The van der Waals surface area contributed by atoms with Crippen molar-refractivity contribution in [3.05, 3.63) is 46.3 Å². The molecule has 1 aliphatic heterocycles. The molecule has 6 nitrogen and oxygen atoms in total. The van der Waals surface area contributed by atoms with Crippen LogP contribution in [-0.4, -0.2) is 52.9 Å². The van der Waals surface area contributed by atoms with Gasteiger partial charge in [0.15, 0.2) is 5.01 Å². The van der Waals surface area contributed by atoms with Crippen LogP contribution in [0.4, 0.5) is 5.13 Å². The van der Waals surface area contributed by atoms with Crippen molar-refractivity contribution in [3.63, 3.8) is 0 Å². The van der Waals surface area contributed by atoms with Crippen molar-refractivity contribution in [1.82, 2.24) is 20.1 Å². The van der Waals surface area contributed by atoms with Crippen molar-refractivity contribution < 1.29 is 4.74 Å². The van der Waals surface area contributed by atoms with E-state index in [9.17, 15) is 0 Å². The van der Waals surface area contributed by atoms with E-state index in [1.54, 1.807) is 6.20 Å². The average molecular weight is 388 g/mol. The third kappa shape index (κ3) is 4.09. The first-order valence-corrected chi connectivity index (χ1v) is 10.3. The Hall–Kier alpha value is -1.87. The van der Waals surface area contributed by atoms with Gasteiger partial charge in [-0.3, -0.25) is 9.88 Å². The van der Waals surface area contributed by atoms with E-state index in [1.807, 2.05) is 29.5 Å². The fourth-order valence-corrected chi connectivity index (χ4v) is 4.74. The van der Waals surface area contributed by atoms with Crippen molar-refractivity contribution in [3.8, 4) is 10.7 Å². The highest BCUT2D eigenvalue weighted by Crippen LogP contribution is 2.30. The summed E-state index contributed by atoms with van der Waals surface area (Å²) in [6.45, 7) is 6.46. The minimum atomic E-state index is 0.319. The third-order valence-corrected chi connectivity index (χ3v) is 6.34. The summed E-state index contributed by atoms with van der Waals surface area (Å²) in [5.74, 6) is 0. The number of nitrogens with one attached hydrogen (secondary N) is 1. The molecule has 1 saturated heterocycles. The van der Waals surface area contributed by atoms with Gasteiger partial charge in [0.25, 0.3) is 0 Å². The van der Waals surface area contributed by atoms with Gasteiger partial charge in [-0.05, 0) is 31.2 Å². The third-order valence-electron chi connectivity index (χ3n) is 4.33. The lowest BCUT2D eigenvalue weighted by Gasteiger charge is -2.34. The minimum Gasteiger partial charge on any atom is -0.379 e. The second kappa shape index (κ2) is 8.22. The molecule has 1 N–H and O–H groups in total. The molecular weight excluding hydrogens is 366 g/mol. The smallest absolute Gasteiger partial charge is 0.206 e. The maximum absolute atomic E-state index is 5.52. The summed E-state index contributed by atoms with van der Waals surface area (Å²) >= 11 is 3.40. The zero-order valence-corrected chi connectivity index (χ0v) is 16.2. The first kappa shape index (κ1) is 17.5. The van der Waals surface area contributed by atoms with Crippen molar-refractivity contribution in [2.45, 2.75) is 13.0 Å². The van der Waals surface area contributed by atoms with Crippen molar-refractivity contribution in [2.75, 3.05) is 38.2 Å². The van der Waals surface area contributed by atoms with Crippen molar-refractivity contribution in [2.24, 2.45) is 0 Å². The number of rotatable bonds is 6. The number of aromatic nitrogens is 3. The second-order valence-corrected chi connectivity index (χ2v) is 8.42. The van der Waals surface area contributed by atoms with Crippen LogP contribution in [0.3, 0.4) is 0 Å². The maximum Gasteiger partial charge on any atom is 0.206 e. The molecular formula is C18H21N5OS2. The van der Waals surface area contributed by atoms with Gasteiger partial charge in [-0.25, -0.2) is 0 Å². The quantitative estimate of drug-likeness (QED) is 0.699. The van der Waals surface area contributed by atoms with Gasteiger partial charge >= 0.3 is 0 Å². The minimum absolute atomic E-state index is 0.319. The first-order chi connectivity index (χ1) is 12.8. The number of aryl methyl sites for hydroxylation is 1. The second-order valence-electron chi connectivity index (χ2n) is 6.12. The molecule has 3 aromatic heterocycles. The monoisotopic (exact) mass is 387 g/mol. The SMILES string of the molecule is Cc1ccc(C(CNc2nnc(-c3ccccn3)s2)N2CCOCC2)s1. The number of morpholine rings is 1. The highest BCUT2D eigenvalue weighted by Gasteiger charge is 2.24. The Kier molecular flexibility index (Phi) is 5.54. The number of nitrogens with zero attached hydrogens (tertiary/aromatic N) is 4. The molecule has 0 saturated carbocycles. The summed E-state index contributed by atoms with van der Waals surface area (Å²) in [7, 11) is 0. The van der Waals surface area contributed by atoms with E-state index >= 15 is 0 Å². The van der Waals surface area contributed by atoms with Crippen LogP contribution in [0.2, 0.25) is 0 Å². The molecule has 3 aromatic rings. The van der Waals surface area contributed by atoms with Crippen LogP contribution in [0.1, 0.15) is 15.8 Å². The molecule has 0 aromatic carbocycles.